The van der Waals surface area contributed by atoms with Crippen LogP contribution >= 0.6 is 0 Å². The molecule has 3 rings (SSSR count). The van der Waals surface area contributed by atoms with E-state index in [1.807, 2.05) is 0 Å². The number of nitrogens with two attached hydrogens (primary N) is 2. The molecule has 19 heavy (non-hydrogen) atoms. The van der Waals surface area contributed by atoms with Crippen LogP contribution in [-0.4, -0.2) is 45.9 Å². The first-order valence-corrected chi connectivity index (χ1v) is 6.61. The maximum Gasteiger partial charge on any atom is 0.184 e. The molecule has 2 fully saturated rings. The molecule has 0 aromatic rings. The molecule has 0 radical (unpaired) electrons. The van der Waals surface area contributed by atoms with E-state index >= 15 is 0 Å². The van der Waals surface area contributed by atoms with Crippen LogP contribution in [0.25, 0.3) is 0 Å². The van der Waals surface area contributed by atoms with Gasteiger partial charge in [-0.25, -0.2) is 0 Å². The molecule has 5 atom stereocenters. The Balaban J connectivity index is 2.14. The van der Waals surface area contributed by atoms with Crippen molar-refractivity contribution < 1.29 is 14.7 Å². The lowest BCUT2D eigenvalue weighted by atomic mass is 9.75. The summed E-state index contributed by atoms with van der Waals surface area (Å²) < 4.78 is 0. The van der Waals surface area contributed by atoms with Gasteiger partial charge in [-0.05, 0) is 13.3 Å². The van der Waals surface area contributed by atoms with Crippen LogP contribution in [0.3, 0.4) is 0 Å². The summed E-state index contributed by atoms with van der Waals surface area (Å²) in [5.41, 5.74) is 10.8. The molecule has 2 heterocycles. The molecule has 5 N–H and O–H groups in total. The Morgan fingerprint density at radius 2 is 2.00 bits per heavy atom. The van der Waals surface area contributed by atoms with Crippen molar-refractivity contribution in [2.45, 2.75) is 38.1 Å². The highest BCUT2D eigenvalue weighted by atomic mass is 16.3. The van der Waals surface area contributed by atoms with Crippen molar-refractivity contribution in [3.05, 3.63) is 11.3 Å². The van der Waals surface area contributed by atoms with Gasteiger partial charge >= 0.3 is 0 Å². The summed E-state index contributed by atoms with van der Waals surface area (Å²) in [5, 5.41) is 10.8. The first kappa shape index (κ1) is 12.8. The van der Waals surface area contributed by atoms with Gasteiger partial charge in [0.25, 0.3) is 0 Å². The molecule has 5 unspecified atom stereocenters. The second-order valence-corrected chi connectivity index (χ2v) is 5.90. The molecule has 104 valence electrons. The number of rotatable bonds is 0. The first-order valence-electron chi connectivity index (χ1n) is 6.61. The molecule has 6 nitrogen and oxygen atoms in total. The highest BCUT2D eigenvalue weighted by molar-refractivity contribution is 6.15. The number of hydrogen-bond donors (Lipinski definition) is 3. The molecule has 6 heteroatoms. The summed E-state index contributed by atoms with van der Waals surface area (Å²) >= 11 is 0. The number of aliphatic hydroxyl groups is 1. The van der Waals surface area contributed by atoms with Crippen molar-refractivity contribution in [1.82, 2.24) is 4.90 Å². The van der Waals surface area contributed by atoms with Gasteiger partial charge in [0.2, 0.25) is 0 Å². The van der Waals surface area contributed by atoms with E-state index in [2.05, 4.69) is 0 Å². The molecular formula is C13H19N3O3. The Morgan fingerprint density at radius 3 is 2.63 bits per heavy atom. The third-order valence-electron chi connectivity index (χ3n) is 5.18. The summed E-state index contributed by atoms with van der Waals surface area (Å²) in [6, 6.07) is -1.04. The monoisotopic (exact) mass is 265 g/mol. The zero-order chi connectivity index (χ0) is 14.1. The smallest absolute Gasteiger partial charge is 0.184 e. The van der Waals surface area contributed by atoms with Crippen molar-refractivity contribution in [1.29, 1.82) is 0 Å². The number of allylic oxidation sites excluding steroid dienone is 1. The lowest BCUT2D eigenvalue weighted by molar-refractivity contribution is -0.131. The van der Waals surface area contributed by atoms with E-state index in [1.165, 1.54) is 0 Å². The second kappa shape index (κ2) is 3.65. The van der Waals surface area contributed by atoms with Crippen molar-refractivity contribution in [3.8, 4) is 0 Å². The van der Waals surface area contributed by atoms with Crippen LogP contribution in [-0.2, 0) is 9.59 Å². The van der Waals surface area contributed by atoms with Gasteiger partial charge in [-0.1, -0.05) is 6.92 Å². The van der Waals surface area contributed by atoms with Crippen LogP contribution in [0.5, 0.6) is 0 Å². The average Bonchev–Trinajstić information content (AvgIpc) is 2.79. The minimum Gasteiger partial charge on any atom is -0.396 e. The van der Waals surface area contributed by atoms with Crippen LogP contribution in [0.15, 0.2) is 11.3 Å². The van der Waals surface area contributed by atoms with E-state index in [4.69, 9.17) is 11.5 Å². The molecule has 1 aliphatic carbocycles. The fraction of sp³-hybridized carbons (Fsp3) is 0.692. The summed E-state index contributed by atoms with van der Waals surface area (Å²) in [6.45, 7) is 3.89. The molecule has 2 saturated heterocycles. The molecule has 0 amide bonds. The maximum atomic E-state index is 12.4. The Hall–Kier alpha value is -1.24. The van der Waals surface area contributed by atoms with Gasteiger partial charge in [0, 0.05) is 24.1 Å². The van der Waals surface area contributed by atoms with Crippen LogP contribution < -0.4 is 11.5 Å². The number of carbonyl (C=O) groups is 2. The van der Waals surface area contributed by atoms with E-state index in [0.717, 1.165) is 0 Å². The van der Waals surface area contributed by atoms with Gasteiger partial charge in [0.15, 0.2) is 11.6 Å². The second-order valence-electron chi connectivity index (χ2n) is 5.90. The number of fused-ring (bicyclic) bond motifs is 3. The minimum atomic E-state index is -1.27. The number of ketones is 2. The molecule has 0 saturated carbocycles. The minimum absolute atomic E-state index is 0.0384. The van der Waals surface area contributed by atoms with Gasteiger partial charge < -0.3 is 16.6 Å². The number of carbonyl (C=O) groups excluding carboxylic acids is 2. The predicted molar refractivity (Wildman–Crippen MR) is 67.6 cm³/mol. The van der Waals surface area contributed by atoms with Gasteiger partial charge in [0.1, 0.15) is 5.72 Å². The van der Waals surface area contributed by atoms with Crippen molar-refractivity contribution in [2.24, 2.45) is 23.3 Å². The zero-order valence-corrected chi connectivity index (χ0v) is 11.1. The van der Waals surface area contributed by atoms with Crippen molar-refractivity contribution in [3.63, 3.8) is 0 Å². The average molecular weight is 265 g/mol. The Morgan fingerprint density at radius 1 is 1.37 bits per heavy atom. The van der Waals surface area contributed by atoms with Crippen LogP contribution in [0.1, 0.15) is 20.3 Å². The number of hydrogen-bond acceptors (Lipinski definition) is 6. The number of Topliss-reactive ketones (excluding diaryl/α,β-unsaturated/α-hetero) is 2. The predicted octanol–water partition coefficient (Wildman–Crippen LogP) is -1.27. The van der Waals surface area contributed by atoms with E-state index in [0.29, 0.717) is 18.5 Å². The standard InChI is InChI=1S/C13H19N3O3/c1-5-9(15)12(18)8-6(2)13(19)7(14)3-4-16(13)10(8)11(5)17/h6-8,10,19H,3-4,14-15H2,1-2H3. The molecule has 3 aliphatic rings. The number of nitrogens with zero attached hydrogens (tertiary/aromatic N) is 1. The summed E-state index contributed by atoms with van der Waals surface area (Å²) in [6.07, 6.45) is 0.629. The molecule has 0 aromatic heterocycles. The van der Waals surface area contributed by atoms with Crippen LogP contribution in [0.4, 0.5) is 0 Å². The fourth-order valence-corrected chi connectivity index (χ4v) is 3.97. The van der Waals surface area contributed by atoms with Crippen LogP contribution in [0.2, 0.25) is 0 Å². The van der Waals surface area contributed by atoms with Gasteiger partial charge in [-0.2, -0.15) is 0 Å². The third-order valence-corrected chi connectivity index (χ3v) is 5.18. The molecule has 0 bridgehead atoms. The molecule has 0 spiro atoms. The van der Waals surface area contributed by atoms with Gasteiger partial charge in [-0.15, -0.1) is 0 Å². The van der Waals surface area contributed by atoms with Crippen LogP contribution in [0, 0.1) is 11.8 Å². The topological polar surface area (TPSA) is 110 Å². The normalized spacial score (nSPS) is 46.7. The zero-order valence-electron chi connectivity index (χ0n) is 11.1. The summed E-state index contributed by atoms with van der Waals surface area (Å²) in [7, 11) is 0. The highest BCUT2D eigenvalue weighted by Crippen LogP contribution is 2.50. The lowest BCUT2D eigenvalue weighted by Crippen LogP contribution is -2.55. The lowest BCUT2D eigenvalue weighted by Gasteiger charge is -2.34. The van der Waals surface area contributed by atoms with E-state index in [1.54, 1.807) is 18.7 Å². The quantitative estimate of drug-likeness (QED) is 0.503. The fourth-order valence-electron chi connectivity index (χ4n) is 3.97. The van der Waals surface area contributed by atoms with Crippen molar-refractivity contribution >= 4 is 11.6 Å². The Bertz CT molecular complexity index is 515. The van der Waals surface area contributed by atoms with Gasteiger partial charge in [0.05, 0.1) is 17.7 Å². The largest absolute Gasteiger partial charge is 0.396 e. The Kier molecular flexibility index (Phi) is 2.46. The first-order chi connectivity index (χ1) is 8.81. The van der Waals surface area contributed by atoms with Crippen molar-refractivity contribution in [2.75, 3.05) is 6.54 Å². The van der Waals surface area contributed by atoms with E-state index in [9.17, 15) is 14.7 Å². The molecule has 2 aliphatic heterocycles. The summed E-state index contributed by atoms with van der Waals surface area (Å²) in [4.78, 5) is 26.5. The maximum absolute atomic E-state index is 12.4. The van der Waals surface area contributed by atoms with Gasteiger partial charge in [-0.3, -0.25) is 14.5 Å². The highest BCUT2D eigenvalue weighted by Gasteiger charge is 2.66. The third kappa shape index (κ3) is 1.26. The Labute approximate surface area is 111 Å². The molecular weight excluding hydrogens is 246 g/mol. The summed E-state index contributed by atoms with van der Waals surface area (Å²) in [5.74, 6) is -1.35. The van der Waals surface area contributed by atoms with E-state index < -0.39 is 29.6 Å². The molecule has 0 aromatic carbocycles. The van der Waals surface area contributed by atoms with E-state index in [-0.39, 0.29) is 17.3 Å². The SMILES string of the molecule is CC1=C(N)C(=O)C2C(C1=O)N1CCC(N)C1(O)C2C.